The van der Waals surface area contributed by atoms with Gasteiger partial charge in [-0.25, -0.2) is 5.84 Å². The molecular weight excluding hydrogens is 196 g/mol. The van der Waals surface area contributed by atoms with Gasteiger partial charge in [0, 0.05) is 12.1 Å². The summed E-state index contributed by atoms with van der Waals surface area (Å²) in [5, 5.41) is 3.71. The Balaban J connectivity index is 2.76. The molecule has 0 aliphatic heterocycles. The largest absolute Gasteiger partial charge is 0.464 e. The average molecular weight is 205 g/mol. The first-order chi connectivity index (χ1) is 7.22. The first-order valence-electron chi connectivity index (χ1n) is 4.19. The van der Waals surface area contributed by atoms with Crippen LogP contribution >= 0.6 is 0 Å². The molecule has 76 valence electrons. The molecule has 0 saturated carbocycles. The summed E-state index contributed by atoms with van der Waals surface area (Å²) in [4.78, 5) is 12.4. The zero-order chi connectivity index (χ0) is 10.8. The number of fused-ring (bicyclic) bond motifs is 1. The van der Waals surface area contributed by atoms with E-state index in [0.717, 1.165) is 4.81 Å². The van der Waals surface area contributed by atoms with Crippen LogP contribution in [0.3, 0.4) is 0 Å². The van der Waals surface area contributed by atoms with E-state index < -0.39 is 0 Å². The maximum absolute atomic E-state index is 11.5. The van der Waals surface area contributed by atoms with E-state index in [0.29, 0.717) is 16.7 Å². The molecule has 0 atom stereocenters. The minimum absolute atomic E-state index is 0.136. The monoisotopic (exact) mass is 205 g/mol. The maximum Gasteiger partial charge on any atom is 0.192 e. The highest BCUT2D eigenvalue weighted by molar-refractivity contribution is 5.78. The molecule has 1 heterocycles. The van der Waals surface area contributed by atoms with Gasteiger partial charge in [0.05, 0.1) is 11.6 Å². The second kappa shape index (κ2) is 3.41. The van der Waals surface area contributed by atoms with Crippen molar-refractivity contribution in [3.05, 3.63) is 40.8 Å². The Morgan fingerprint density at radius 1 is 1.33 bits per heavy atom. The first kappa shape index (κ1) is 9.20. The van der Waals surface area contributed by atoms with E-state index in [1.165, 1.54) is 12.3 Å². The summed E-state index contributed by atoms with van der Waals surface area (Å²) in [5.74, 6) is 10.5. The fourth-order valence-corrected chi connectivity index (χ4v) is 1.28. The Labute approximate surface area is 84.4 Å². The Bertz CT molecular complexity index is 588. The van der Waals surface area contributed by atoms with Gasteiger partial charge in [0.15, 0.2) is 11.1 Å². The molecule has 0 aliphatic rings. The average Bonchev–Trinajstić information content (AvgIpc) is 2.28. The summed E-state index contributed by atoms with van der Waals surface area (Å²) in [6, 6.07) is 6.20. The van der Waals surface area contributed by atoms with E-state index in [-0.39, 0.29) is 5.43 Å². The van der Waals surface area contributed by atoms with E-state index >= 15 is 0 Å². The van der Waals surface area contributed by atoms with Crippen molar-refractivity contribution in [1.82, 2.24) is 0 Å². The normalized spacial score (nSPS) is 11.9. The molecule has 0 saturated heterocycles. The summed E-state index contributed by atoms with van der Waals surface area (Å²) in [5.41, 5.74) is 0.878. The van der Waals surface area contributed by atoms with Crippen LogP contribution < -0.4 is 17.1 Å². The molecule has 0 aliphatic carbocycles. The Hall–Kier alpha value is -2.37. The topological polar surface area (TPSA) is 97.6 Å². The predicted molar refractivity (Wildman–Crippen MR) is 53.2 cm³/mol. The SMILES string of the molecule is NN=[N+](N)c1ccc2occc(=O)c2c1. The number of hydrogen-bond acceptors (Lipinski definition) is 3. The maximum atomic E-state index is 11.5. The standard InChI is InChI=1S/C9H8N4O2/c10-12-13(11)6-1-2-9-7(5-6)8(14)3-4-15-9/h1-5,10H,11H2/p+1. The molecule has 0 fully saturated rings. The lowest BCUT2D eigenvalue weighted by molar-refractivity contribution is -0.526. The molecule has 0 radical (unpaired) electrons. The molecule has 6 heteroatoms. The van der Waals surface area contributed by atoms with Crippen molar-refractivity contribution in [3.63, 3.8) is 0 Å². The number of hydrogen-bond donors (Lipinski definition) is 2. The van der Waals surface area contributed by atoms with Crippen molar-refractivity contribution in [2.45, 2.75) is 0 Å². The quantitative estimate of drug-likeness (QED) is 0.309. The zero-order valence-corrected chi connectivity index (χ0v) is 7.75. The van der Waals surface area contributed by atoms with Gasteiger partial charge >= 0.3 is 0 Å². The third kappa shape index (κ3) is 1.52. The second-order valence-electron chi connectivity index (χ2n) is 2.93. The molecule has 2 aromatic rings. The molecule has 1 aromatic heterocycles. The van der Waals surface area contributed by atoms with Gasteiger partial charge in [0.2, 0.25) is 0 Å². The minimum Gasteiger partial charge on any atom is -0.464 e. The predicted octanol–water partition coefficient (Wildman–Crippen LogP) is 0.637. The molecule has 0 spiro atoms. The number of rotatable bonds is 1. The van der Waals surface area contributed by atoms with Crippen LogP contribution in [0.25, 0.3) is 11.0 Å². The minimum atomic E-state index is -0.136. The molecule has 0 bridgehead atoms. The molecule has 6 nitrogen and oxygen atoms in total. The third-order valence-electron chi connectivity index (χ3n) is 2.03. The van der Waals surface area contributed by atoms with Crippen molar-refractivity contribution in [1.29, 1.82) is 0 Å². The Morgan fingerprint density at radius 2 is 2.13 bits per heavy atom. The number of nitrogens with two attached hydrogens (primary N) is 2. The number of nitrogens with zero attached hydrogens (tertiary/aromatic N) is 2. The molecule has 1 aromatic carbocycles. The smallest absolute Gasteiger partial charge is 0.192 e. The van der Waals surface area contributed by atoms with Crippen LogP contribution in [0.2, 0.25) is 0 Å². The van der Waals surface area contributed by atoms with Crippen molar-refractivity contribution in [3.8, 4) is 0 Å². The lowest BCUT2D eigenvalue weighted by atomic mass is 10.2. The molecule has 0 unspecified atom stereocenters. The van der Waals surface area contributed by atoms with Crippen LogP contribution in [-0.2, 0) is 0 Å². The van der Waals surface area contributed by atoms with E-state index in [9.17, 15) is 4.79 Å². The number of hydrazine groups is 1. The van der Waals surface area contributed by atoms with Crippen LogP contribution in [0.5, 0.6) is 0 Å². The van der Waals surface area contributed by atoms with E-state index in [2.05, 4.69) is 5.22 Å². The van der Waals surface area contributed by atoms with Gasteiger partial charge in [-0.1, -0.05) is 0 Å². The lowest BCUT2D eigenvalue weighted by Crippen LogP contribution is -2.13. The highest BCUT2D eigenvalue weighted by atomic mass is 16.3. The van der Waals surface area contributed by atoms with Gasteiger partial charge in [-0.05, 0) is 16.9 Å². The van der Waals surface area contributed by atoms with Gasteiger partial charge in [0.1, 0.15) is 10.8 Å². The molecule has 0 amide bonds. The molecule has 15 heavy (non-hydrogen) atoms. The van der Waals surface area contributed by atoms with Gasteiger partial charge in [0.25, 0.3) is 0 Å². The summed E-state index contributed by atoms with van der Waals surface area (Å²) in [6.07, 6.45) is 1.35. The van der Waals surface area contributed by atoms with Crippen molar-refractivity contribution in [2.24, 2.45) is 16.9 Å². The van der Waals surface area contributed by atoms with E-state index in [1.54, 1.807) is 18.2 Å². The zero-order valence-electron chi connectivity index (χ0n) is 7.75. The van der Waals surface area contributed by atoms with Gasteiger partial charge in [-0.2, -0.15) is 5.84 Å². The summed E-state index contributed by atoms with van der Waals surface area (Å²) < 4.78 is 5.14. The van der Waals surface area contributed by atoms with E-state index in [4.69, 9.17) is 16.1 Å². The van der Waals surface area contributed by atoms with Crippen molar-refractivity contribution < 1.29 is 9.22 Å². The van der Waals surface area contributed by atoms with Crippen LogP contribution in [0.4, 0.5) is 5.69 Å². The van der Waals surface area contributed by atoms with Crippen LogP contribution in [0.15, 0.2) is 45.0 Å². The Kier molecular flexibility index (Phi) is 2.09. The molecule has 4 N–H and O–H groups in total. The van der Waals surface area contributed by atoms with Crippen molar-refractivity contribution in [2.75, 3.05) is 0 Å². The van der Waals surface area contributed by atoms with Crippen LogP contribution in [0, 0.1) is 0 Å². The van der Waals surface area contributed by atoms with Crippen LogP contribution in [-0.4, -0.2) is 4.81 Å². The fourth-order valence-electron chi connectivity index (χ4n) is 1.28. The number of benzene rings is 1. The summed E-state index contributed by atoms with van der Waals surface area (Å²) >= 11 is 0. The third-order valence-corrected chi connectivity index (χ3v) is 2.03. The summed E-state index contributed by atoms with van der Waals surface area (Å²) in [6.45, 7) is 0. The van der Waals surface area contributed by atoms with Gasteiger partial charge in [-0.3, -0.25) is 4.79 Å². The fraction of sp³-hybridized carbons (Fsp3) is 0. The highest BCUT2D eigenvalue weighted by Crippen LogP contribution is 2.16. The Morgan fingerprint density at radius 3 is 2.87 bits per heavy atom. The molecule has 2 rings (SSSR count). The van der Waals surface area contributed by atoms with Crippen molar-refractivity contribution >= 4 is 16.7 Å². The van der Waals surface area contributed by atoms with E-state index in [1.807, 2.05) is 0 Å². The van der Waals surface area contributed by atoms with Crippen LogP contribution in [0.1, 0.15) is 0 Å². The second-order valence-corrected chi connectivity index (χ2v) is 2.93. The highest BCUT2D eigenvalue weighted by Gasteiger charge is 2.06. The summed E-state index contributed by atoms with van der Waals surface area (Å²) in [7, 11) is 0. The molecular formula is C9H9N4O2+. The van der Waals surface area contributed by atoms with Gasteiger partial charge in [-0.15, -0.1) is 0 Å². The van der Waals surface area contributed by atoms with Gasteiger partial charge < -0.3 is 4.42 Å². The lowest BCUT2D eigenvalue weighted by Gasteiger charge is -1.97. The first-order valence-corrected chi connectivity index (χ1v) is 4.19.